The van der Waals surface area contributed by atoms with E-state index in [4.69, 9.17) is 0 Å². The zero-order valence-corrected chi connectivity index (χ0v) is 13.4. The summed E-state index contributed by atoms with van der Waals surface area (Å²) in [5.41, 5.74) is 6.17. The van der Waals surface area contributed by atoms with E-state index in [2.05, 4.69) is 31.3 Å². The summed E-state index contributed by atoms with van der Waals surface area (Å²) in [6.45, 7) is 9.00. The van der Waals surface area contributed by atoms with E-state index < -0.39 is 0 Å². The van der Waals surface area contributed by atoms with E-state index in [1.54, 1.807) is 0 Å². The normalized spacial score (nSPS) is 31.6. The van der Waals surface area contributed by atoms with Gasteiger partial charge in [-0.15, -0.1) is 0 Å². The third-order valence-electron chi connectivity index (χ3n) is 6.12. The van der Waals surface area contributed by atoms with Gasteiger partial charge in [0.2, 0.25) is 0 Å². The maximum absolute atomic E-state index is 12.2. The standard InChI is InChI=1S/C18H24N2O/c1-12-5-7-13(8-6-12)16(21)20-19-15-11-14-9-10-18(15,4)17(14,2)3/h5-8,14H,9-11H2,1-4H3,(H,20,21)/b19-15-/t14-,18+/m1/s1. The number of nitrogens with zero attached hydrogens (tertiary/aromatic N) is 1. The van der Waals surface area contributed by atoms with Gasteiger partial charge in [0, 0.05) is 16.7 Å². The van der Waals surface area contributed by atoms with Gasteiger partial charge in [0.05, 0.1) is 0 Å². The zero-order chi connectivity index (χ0) is 15.3. The third kappa shape index (κ3) is 2.10. The van der Waals surface area contributed by atoms with Crippen LogP contribution in [0.5, 0.6) is 0 Å². The lowest BCUT2D eigenvalue weighted by molar-refractivity contribution is 0.0954. The molecule has 2 saturated carbocycles. The van der Waals surface area contributed by atoms with Crippen molar-refractivity contribution in [3.8, 4) is 0 Å². The molecule has 0 radical (unpaired) electrons. The van der Waals surface area contributed by atoms with Crippen molar-refractivity contribution < 1.29 is 4.79 Å². The second-order valence-electron chi connectivity index (χ2n) is 7.36. The predicted octanol–water partition coefficient (Wildman–Crippen LogP) is 3.93. The average Bonchev–Trinajstić information content (AvgIpc) is 2.78. The Balaban J connectivity index is 1.76. The lowest BCUT2D eigenvalue weighted by Gasteiger charge is -2.34. The molecule has 2 atom stereocenters. The first-order valence-electron chi connectivity index (χ1n) is 7.78. The van der Waals surface area contributed by atoms with E-state index in [-0.39, 0.29) is 11.3 Å². The molecule has 0 unspecified atom stereocenters. The molecule has 3 heteroatoms. The molecule has 1 N–H and O–H groups in total. The Labute approximate surface area is 126 Å². The van der Waals surface area contributed by atoms with E-state index in [9.17, 15) is 4.79 Å². The number of carbonyl (C=O) groups is 1. The molecular formula is C18H24N2O. The van der Waals surface area contributed by atoms with Gasteiger partial charge >= 0.3 is 0 Å². The first-order valence-corrected chi connectivity index (χ1v) is 7.78. The molecule has 1 amide bonds. The Morgan fingerprint density at radius 1 is 1.24 bits per heavy atom. The molecule has 0 saturated heterocycles. The first kappa shape index (κ1) is 14.3. The Hall–Kier alpha value is -1.64. The molecule has 0 heterocycles. The van der Waals surface area contributed by atoms with Crippen LogP contribution in [0.4, 0.5) is 0 Å². The van der Waals surface area contributed by atoms with E-state index in [0.717, 1.165) is 12.0 Å². The number of hydrogen-bond acceptors (Lipinski definition) is 2. The highest BCUT2D eigenvalue weighted by molar-refractivity contribution is 5.98. The fourth-order valence-electron chi connectivity index (χ4n) is 3.99. The lowest BCUT2D eigenvalue weighted by atomic mass is 9.70. The molecule has 3 nitrogen and oxygen atoms in total. The summed E-state index contributed by atoms with van der Waals surface area (Å²) in [5.74, 6) is 0.587. The van der Waals surface area contributed by atoms with E-state index in [1.165, 1.54) is 18.6 Å². The van der Waals surface area contributed by atoms with Crippen molar-refractivity contribution in [3.63, 3.8) is 0 Å². The van der Waals surface area contributed by atoms with Gasteiger partial charge in [-0.2, -0.15) is 5.10 Å². The van der Waals surface area contributed by atoms with Crippen LogP contribution in [-0.2, 0) is 0 Å². The number of amides is 1. The number of nitrogens with one attached hydrogen (secondary N) is 1. The molecule has 3 rings (SSSR count). The number of hydrogen-bond donors (Lipinski definition) is 1. The summed E-state index contributed by atoms with van der Waals surface area (Å²) in [5, 5.41) is 4.49. The van der Waals surface area contributed by atoms with E-state index in [1.807, 2.05) is 31.2 Å². The number of carbonyl (C=O) groups excluding carboxylic acids is 1. The number of hydrazone groups is 1. The van der Waals surface area contributed by atoms with Crippen LogP contribution in [0.2, 0.25) is 0 Å². The van der Waals surface area contributed by atoms with Gasteiger partial charge in [-0.25, -0.2) is 5.43 Å². The molecule has 0 aliphatic heterocycles. The summed E-state index contributed by atoms with van der Waals surface area (Å²) in [6.07, 6.45) is 3.50. The van der Waals surface area contributed by atoms with Crippen molar-refractivity contribution in [1.82, 2.24) is 5.43 Å². The van der Waals surface area contributed by atoms with Crippen LogP contribution in [0.3, 0.4) is 0 Å². The highest BCUT2D eigenvalue weighted by Gasteiger charge is 2.59. The molecule has 2 aliphatic carbocycles. The topological polar surface area (TPSA) is 41.5 Å². The number of rotatable bonds is 2. The van der Waals surface area contributed by atoms with Crippen molar-refractivity contribution in [2.45, 2.75) is 47.0 Å². The molecule has 112 valence electrons. The van der Waals surface area contributed by atoms with Crippen molar-refractivity contribution >= 4 is 11.6 Å². The zero-order valence-electron chi connectivity index (χ0n) is 13.4. The Kier molecular flexibility index (Phi) is 3.19. The van der Waals surface area contributed by atoms with Crippen LogP contribution in [0.1, 0.15) is 56.0 Å². The molecule has 1 aromatic rings. The Morgan fingerprint density at radius 3 is 2.43 bits per heavy atom. The van der Waals surface area contributed by atoms with Crippen LogP contribution in [0.15, 0.2) is 29.4 Å². The van der Waals surface area contributed by atoms with Gasteiger partial charge in [-0.1, -0.05) is 38.5 Å². The van der Waals surface area contributed by atoms with Gasteiger partial charge in [-0.3, -0.25) is 4.79 Å². The number of benzene rings is 1. The van der Waals surface area contributed by atoms with Crippen molar-refractivity contribution in [2.24, 2.45) is 21.8 Å². The van der Waals surface area contributed by atoms with Gasteiger partial charge in [0.15, 0.2) is 0 Å². The smallest absolute Gasteiger partial charge is 0.267 e. The summed E-state index contributed by atoms with van der Waals surface area (Å²) >= 11 is 0. The quantitative estimate of drug-likeness (QED) is 0.821. The highest BCUT2D eigenvalue weighted by Crippen LogP contribution is 2.63. The average molecular weight is 284 g/mol. The molecule has 2 fully saturated rings. The fraction of sp³-hybridized carbons (Fsp3) is 0.556. The van der Waals surface area contributed by atoms with Crippen molar-refractivity contribution in [2.75, 3.05) is 0 Å². The largest absolute Gasteiger partial charge is 0.271 e. The Bertz CT molecular complexity index is 600. The fourth-order valence-corrected chi connectivity index (χ4v) is 3.99. The maximum Gasteiger partial charge on any atom is 0.271 e. The van der Waals surface area contributed by atoms with E-state index >= 15 is 0 Å². The van der Waals surface area contributed by atoms with E-state index in [0.29, 0.717) is 16.9 Å². The SMILES string of the molecule is Cc1ccc(C(=O)N/N=C2/C[C@H]3CC[C@]2(C)C3(C)C)cc1. The minimum absolute atomic E-state index is 0.119. The number of aryl methyl sites for hydroxylation is 1. The summed E-state index contributed by atoms with van der Waals surface area (Å²) in [4.78, 5) is 12.2. The monoisotopic (exact) mass is 284 g/mol. The molecule has 0 aromatic heterocycles. The van der Waals surface area contributed by atoms with Gasteiger partial charge in [0.25, 0.3) is 5.91 Å². The summed E-state index contributed by atoms with van der Waals surface area (Å²) in [7, 11) is 0. The van der Waals surface area contributed by atoms with Gasteiger partial charge < -0.3 is 0 Å². The minimum atomic E-state index is -0.119. The summed E-state index contributed by atoms with van der Waals surface area (Å²) < 4.78 is 0. The lowest BCUT2D eigenvalue weighted by Crippen LogP contribution is -2.34. The van der Waals surface area contributed by atoms with Crippen LogP contribution >= 0.6 is 0 Å². The maximum atomic E-state index is 12.2. The van der Waals surface area contributed by atoms with Crippen LogP contribution in [-0.4, -0.2) is 11.6 Å². The Morgan fingerprint density at radius 2 is 1.90 bits per heavy atom. The molecule has 0 spiro atoms. The summed E-state index contributed by atoms with van der Waals surface area (Å²) in [6, 6.07) is 7.59. The first-order chi connectivity index (χ1) is 9.84. The van der Waals surface area contributed by atoms with Crippen LogP contribution in [0, 0.1) is 23.7 Å². The molecule has 2 aliphatic rings. The van der Waals surface area contributed by atoms with Crippen LogP contribution in [0.25, 0.3) is 0 Å². The molecule has 21 heavy (non-hydrogen) atoms. The third-order valence-corrected chi connectivity index (χ3v) is 6.12. The molecule has 2 bridgehead atoms. The van der Waals surface area contributed by atoms with Crippen molar-refractivity contribution in [3.05, 3.63) is 35.4 Å². The van der Waals surface area contributed by atoms with Gasteiger partial charge in [0.1, 0.15) is 0 Å². The minimum Gasteiger partial charge on any atom is -0.267 e. The second-order valence-corrected chi connectivity index (χ2v) is 7.36. The van der Waals surface area contributed by atoms with Crippen LogP contribution < -0.4 is 5.43 Å². The predicted molar refractivity (Wildman–Crippen MR) is 85.3 cm³/mol. The van der Waals surface area contributed by atoms with Gasteiger partial charge in [-0.05, 0) is 49.7 Å². The molecular weight excluding hydrogens is 260 g/mol. The van der Waals surface area contributed by atoms with Crippen molar-refractivity contribution in [1.29, 1.82) is 0 Å². The number of fused-ring (bicyclic) bond motifs is 2. The molecule has 1 aromatic carbocycles. The second kappa shape index (κ2) is 4.69. The highest BCUT2D eigenvalue weighted by atomic mass is 16.2.